The van der Waals surface area contributed by atoms with Gasteiger partial charge in [0.2, 0.25) is 0 Å². The highest BCUT2D eigenvalue weighted by Gasteiger charge is 2.47. The number of thiazole rings is 1. The second-order valence-corrected chi connectivity index (χ2v) is 5.84. The topological polar surface area (TPSA) is 85.1 Å². The SMILES string of the molecule is O=C(N[C@@H]1CO[C@H]2[C@@H]1OC[C@H]2O)c1cn2ccsc2n1. The van der Waals surface area contributed by atoms with E-state index >= 15 is 0 Å². The molecule has 4 rings (SSSR count). The van der Waals surface area contributed by atoms with Gasteiger partial charge in [0, 0.05) is 17.8 Å². The van der Waals surface area contributed by atoms with E-state index in [9.17, 15) is 9.90 Å². The van der Waals surface area contributed by atoms with E-state index in [1.807, 2.05) is 16.0 Å². The fourth-order valence-corrected chi connectivity index (χ4v) is 3.38. The second kappa shape index (κ2) is 4.52. The Balaban J connectivity index is 1.49. The van der Waals surface area contributed by atoms with Crippen LogP contribution in [-0.2, 0) is 9.47 Å². The molecule has 2 aromatic rings. The number of ether oxygens (including phenoxy) is 2. The summed E-state index contributed by atoms with van der Waals surface area (Å²) in [4.78, 5) is 17.2. The molecule has 0 bridgehead atoms. The van der Waals surface area contributed by atoms with Crippen LogP contribution in [0.3, 0.4) is 0 Å². The van der Waals surface area contributed by atoms with E-state index in [1.54, 1.807) is 6.20 Å². The van der Waals surface area contributed by atoms with E-state index in [2.05, 4.69) is 10.3 Å². The third kappa shape index (κ3) is 1.84. The third-order valence-electron chi connectivity index (χ3n) is 3.67. The molecule has 2 fully saturated rings. The minimum absolute atomic E-state index is 0.246. The lowest BCUT2D eigenvalue weighted by atomic mass is 10.1. The summed E-state index contributed by atoms with van der Waals surface area (Å²) in [6.07, 6.45) is 2.32. The zero-order valence-electron chi connectivity index (χ0n) is 10.4. The predicted molar refractivity (Wildman–Crippen MR) is 69.8 cm³/mol. The maximum atomic E-state index is 12.2. The van der Waals surface area contributed by atoms with Crippen molar-refractivity contribution in [1.82, 2.24) is 14.7 Å². The summed E-state index contributed by atoms with van der Waals surface area (Å²) in [6, 6.07) is -0.246. The number of nitrogens with one attached hydrogen (secondary N) is 1. The molecule has 2 aliphatic rings. The fourth-order valence-electron chi connectivity index (χ4n) is 2.68. The van der Waals surface area contributed by atoms with E-state index in [4.69, 9.17) is 9.47 Å². The van der Waals surface area contributed by atoms with Crippen LogP contribution in [0.5, 0.6) is 0 Å². The molecule has 106 valence electrons. The van der Waals surface area contributed by atoms with Crippen LogP contribution in [0.15, 0.2) is 17.8 Å². The summed E-state index contributed by atoms with van der Waals surface area (Å²) in [5.74, 6) is -0.250. The van der Waals surface area contributed by atoms with Crippen LogP contribution in [0.4, 0.5) is 0 Å². The van der Waals surface area contributed by atoms with Crippen molar-refractivity contribution >= 4 is 22.2 Å². The summed E-state index contributed by atoms with van der Waals surface area (Å²) in [6.45, 7) is 0.599. The van der Waals surface area contributed by atoms with Gasteiger partial charge in [-0.2, -0.15) is 0 Å². The van der Waals surface area contributed by atoms with Crippen molar-refractivity contribution in [3.63, 3.8) is 0 Å². The Morgan fingerprint density at radius 1 is 1.45 bits per heavy atom. The standard InChI is InChI=1S/C12H13N3O4S/c16-8-5-19-9-7(4-18-10(8)9)13-11(17)6-3-15-1-2-20-12(15)14-6/h1-3,7-10,16H,4-5H2,(H,13,17)/t7-,8-,9-,10-/m1/s1. The summed E-state index contributed by atoms with van der Waals surface area (Å²) in [7, 11) is 0. The number of amides is 1. The number of imidazole rings is 1. The number of nitrogens with zero attached hydrogens (tertiary/aromatic N) is 2. The molecule has 0 saturated carbocycles. The Labute approximate surface area is 118 Å². The fraction of sp³-hybridized carbons (Fsp3) is 0.500. The van der Waals surface area contributed by atoms with Crippen LogP contribution in [0.1, 0.15) is 10.5 Å². The second-order valence-electron chi connectivity index (χ2n) is 4.96. The van der Waals surface area contributed by atoms with Gasteiger partial charge in [0.05, 0.1) is 19.3 Å². The first-order valence-corrected chi connectivity index (χ1v) is 7.24. The van der Waals surface area contributed by atoms with Gasteiger partial charge in [-0.3, -0.25) is 9.20 Å². The van der Waals surface area contributed by atoms with Crippen LogP contribution in [0.25, 0.3) is 4.96 Å². The molecule has 8 heteroatoms. The van der Waals surface area contributed by atoms with Crippen LogP contribution in [0.2, 0.25) is 0 Å². The first kappa shape index (κ1) is 12.3. The number of aliphatic hydroxyl groups excluding tert-OH is 1. The normalized spacial score (nSPS) is 32.6. The molecule has 2 aromatic heterocycles. The highest BCUT2D eigenvalue weighted by molar-refractivity contribution is 7.15. The van der Waals surface area contributed by atoms with Gasteiger partial charge in [-0.05, 0) is 0 Å². The lowest BCUT2D eigenvalue weighted by Crippen LogP contribution is -2.44. The molecule has 0 aliphatic carbocycles. The summed E-state index contributed by atoms with van der Waals surface area (Å²) < 4.78 is 12.7. The highest BCUT2D eigenvalue weighted by Crippen LogP contribution is 2.27. The number of carbonyl (C=O) groups is 1. The molecule has 4 atom stereocenters. The summed E-state index contributed by atoms with van der Waals surface area (Å²) in [5.41, 5.74) is 0.374. The van der Waals surface area contributed by atoms with Gasteiger partial charge < -0.3 is 19.9 Å². The monoisotopic (exact) mass is 295 g/mol. The van der Waals surface area contributed by atoms with Gasteiger partial charge in [-0.25, -0.2) is 4.98 Å². The van der Waals surface area contributed by atoms with Crippen molar-refractivity contribution in [3.8, 4) is 0 Å². The first-order chi connectivity index (χ1) is 9.72. The minimum Gasteiger partial charge on any atom is -0.388 e. The molecule has 2 aliphatic heterocycles. The van der Waals surface area contributed by atoms with Gasteiger partial charge in [-0.15, -0.1) is 11.3 Å². The molecule has 0 unspecified atom stereocenters. The van der Waals surface area contributed by atoms with Crippen molar-refractivity contribution in [3.05, 3.63) is 23.5 Å². The molecule has 0 aromatic carbocycles. The van der Waals surface area contributed by atoms with Crippen molar-refractivity contribution in [2.45, 2.75) is 24.4 Å². The Morgan fingerprint density at radius 2 is 2.30 bits per heavy atom. The lowest BCUT2D eigenvalue weighted by Gasteiger charge is -2.16. The maximum Gasteiger partial charge on any atom is 0.271 e. The van der Waals surface area contributed by atoms with Gasteiger partial charge in [0.25, 0.3) is 5.91 Å². The zero-order valence-corrected chi connectivity index (χ0v) is 11.2. The zero-order chi connectivity index (χ0) is 13.7. The van der Waals surface area contributed by atoms with Gasteiger partial charge >= 0.3 is 0 Å². The van der Waals surface area contributed by atoms with Crippen LogP contribution < -0.4 is 5.32 Å². The number of hydrogen-bond donors (Lipinski definition) is 2. The molecule has 4 heterocycles. The van der Waals surface area contributed by atoms with Crippen molar-refractivity contribution in [2.24, 2.45) is 0 Å². The largest absolute Gasteiger partial charge is 0.388 e. The van der Waals surface area contributed by atoms with Gasteiger partial charge in [0.1, 0.15) is 24.0 Å². The van der Waals surface area contributed by atoms with Crippen molar-refractivity contribution in [1.29, 1.82) is 0 Å². The van der Waals surface area contributed by atoms with E-state index in [-0.39, 0.29) is 30.8 Å². The molecule has 20 heavy (non-hydrogen) atoms. The van der Waals surface area contributed by atoms with Gasteiger partial charge in [-0.1, -0.05) is 0 Å². The average molecular weight is 295 g/mol. The van der Waals surface area contributed by atoms with E-state index in [0.717, 1.165) is 4.96 Å². The van der Waals surface area contributed by atoms with E-state index < -0.39 is 6.10 Å². The van der Waals surface area contributed by atoms with E-state index in [0.29, 0.717) is 12.3 Å². The highest BCUT2D eigenvalue weighted by atomic mass is 32.1. The number of hydrogen-bond acceptors (Lipinski definition) is 6. The first-order valence-electron chi connectivity index (χ1n) is 6.37. The Bertz CT molecular complexity index is 625. The number of rotatable bonds is 2. The molecule has 7 nitrogen and oxygen atoms in total. The number of carbonyl (C=O) groups excluding carboxylic acids is 1. The van der Waals surface area contributed by atoms with Gasteiger partial charge in [0.15, 0.2) is 4.96 Å². The van der Waals surface area contributed by atoms with Crippen LogP contribution >= 0.6 is 11.3 Å². The maximum absolute atomic E-state index is 12.2. The Kier molecular flexibility index (Phi) is 2.77. The predicted octanol–water partition coefficient (Wildman–Crippen LogP) is -0.347. The quantitative estimate of drug-likeness (QED) is 0.791. The molecular formula is C12H13N3O4S. The molecule has 2 N–H and O–H groups in total. The molecule has 0 spiro atoms. The molecule has 2 saturated heterocycles. The van der Waals surface area contributed by atoms with Crippen LogP contribution in [-0.4, -0.2) is 58.0 Å². The average Bonchev–Trinajstić information content (AvgIpc) is 3.12. The Morgan fingerprint density at radius 3 is 3.15 bits per heavy atom. The molecule has 1 amide bonds. The van der Waals surface area contributed by atoms with E-state index in [1.165, 1.54) is 11.3 Å². The number of fused-ring (bicyclic) bond motifs is 2. The smallest absolute Gasteiger partial charge is 0.271 e. The molecule has 0 radical (unpaired) electrons. The molecular weight excluding hydrogens is 282 g/mol. The third-order valence-corrected chi connectivity index (χ3v) is 4.44. The van der Waals surface area contributed by atoms with Crippen molar-refractivity contribution < 1.29 is 19.4 Å². The summed E-state index contributed by atoms with van der Waals surface area (Å²) in [5, 5.41) is 14.4. The van der Waals surface area contributed by atoms with Crippen LogP contribution in [0, 0.1) is 0 Å². The minimum atomic E-state index is -0.611. The summed E-state index contributed by atoms with van der Waals surface area (Å²) >= 11 is 1.47. The lowest BCUT2D eigenvalue weighted by molar-refractivity contribution is 0.0178. The Hall–Kier alpha value is -1.48. The number of aromatic nitrogens is 2. The van der Waals surface area contributed by atoms with Crippen molar-refractivity contribution in [2.75, 3.05) is 13.2 Å². The number of aliphatic hydroxyl groups is 1.